The van der Waals surface area contributed by atoms with Crippen LogP contribution >= 0.6 is 0 Å². The van der Waals surface area contributed by atoms with E-state index in [0.29, 0.717) is 0 Å². The minimum Gasteiger partial charge on any atom is -0.659 e. The molecule has 12 heavy (non-hydrogen) atoms. The SMILES string of the molecule is CC[N-]Cc1ccccc1C.[Li+]. The van der Waals surface area contributed by atoms with Gasteiger partial charge in [-0.05, 0) is 12.5 Å². The second kappa shape index (κ2) is 6.31. The summed E-state index contributed by atoms with van der Waals surface area (Å²) < 4.78 is 0. The molecule has 0 unspecified atom stereocenters. The summed E-state index contributed by atoms with van der Waals surface area (Å²) in [5, 5.41) is 4.30. The van der Waals surface area contributed by atoms with Crippen LogP contribution in [-0.4, -0.2) is 6.54 Å². The van der Waals surface area contributed by atoms with Crippen LogP contribution in [0.1, 0.15) is 18.1 Å². The van der Waals surface area contributed by atoms with Gasteiger partial charge in [-0.1, -0.05) is 36.8 Å². The standard InChI is InChI=1S/C10H14N.Li/c1-3-11-8-10-7-5-4-6-9(10)2;/h4-7H,3,8H2,1-2H3;/q-1;+1. The van der Waals surface area contributed by atoms with Gasteiger partial charge < -0.3 is 5.32 Å². The van der Waals surface area contributed by atoms with Crippen molar-refractivity contribution in [1.29, 1.82) is 0 Å². The van der Waals surface area contributed by atoms with Crippen molar-refractivity contribution in [1.82, 2.24) is 0 Å². The predicted octanol–water partition coefficient (Wildman–Crippen LogP) is -0.107. The Hall–Kier alpha value is -0.223. The Morgan fingerprint density at radius 3 is 2.50 bits per heavy atom. The second-order valence-electron chi connectivity index (χ2n) is 2.62. The third-order valence-electron chi connectivity index (χ3n) is 1.77. The first-order chi connectivity index (χ1) is 5.34. The maximum atomic E-state index is 4.30. The van der Waals surface area contributed by atoms with Crippen molar-refractivity contribution >= 4 is 0 Å². The van der Waals surface area contributed by atoms with Crippen molar-refractivity contribution in [3.63, 3.8) is 0 Å². The summed E-state index contributed by atoms with van der Waals surface area (Å²) in [4.78, 5) is 0. The Morgan fingerprint density at radius 2 is 1.92 bits per heavy atom. The maximum absolute atomic E-state index is 4.30. The Balaban J connectivity index is 0.00000121. The molecule has 0 atom stereocenters. The van der Waals surface area contributed by atoms with Gasteiger partial charge in [0.2, 0.25) is 0 Å². The predicted molar refractivity (Wildman–Crippen MR) is 48.8 cm³/mol. The van der Waals surface area contributed by atoms with E-state index in [1.807, 2.05) is 0 Å². The van der Waals surface area contributed by atoms with E-state index in [1.54, 1.807) is 0 Å². The molecule has 1 nitrogen and oxygen atoms in total. The molecule has 0 heterocycles. The van der Waals surface area contributed by atoms with Gasteiger partial charge in [-0.15, -0.1) is 6.54 Å². The van der Waals surface area contributed by atoms with Crippen LogP contribution in [0.5, 0.6) is 0 Å². The zero-order valence-corrected chi connectivity index (χ0v) is 8.17. The molecule has 0 aliphatic carbocycles. The fourth-order valence-electron chi connectivity index (χ4n) is 1.02. The molecule has 2 heteroatoms. The van der Waals surface area contributed by atoms with Crippen molar-refractivity contribution in [3.05, 3.63) is 40.7 Å². The van der Waals surface area contributed by atoms with Crippen molar-refractivity contribution in [3.8, 4) is 0 Å². The van der Waals surface area contributed by atoms with Gasteiger partial charge in [0, 0.05) is 0 Å². The van der Waals surface area contributed by atoms with E-state index in [1.165, 1.54) is 11.1 Å². The number of benzene rings is 1. The van der Waals surface area contributed by atoms with Crippen molar-refractivity contribution in [2.24, 2.45) is 0 Å². The monoisotopic (exact) mass is 155 g/mol. The molecule has 0 amide bonds. The van der Waals surface area contributed by atoms with Crippen LogP contribution < -0.4 is 18.9 Å². The second-order valence-corrected chi connectivity index (χ2v) is 2.62. The van der Waals surface area contributed by atoms with Crippen LogP contribution in [0.3, 0.4) is 0 Å². The van der Waals surface area contributed by atoms with E-state index < -0.39 is 0 Å². The molecule has 1 aromatic carbocycles. The molecule has 0 aliphatic rings. The fourth-order valence-corrected chi connectivity index (χ4v) is 1.02. The summed E-state index contributed by atoms with van der Waals surface area (Å²) in [6.45, 7) is 5.97. The van der Waals surface area contributed by atoms with Crippen molar-refractivity contribution in [2.75, 3.05) is 6.54 Å². The normalized spacial score (nSPS) is 9.17. The summed E-state index contributed by atoms with van der Waals surface area (Å²) in [7, 11) is 0. The molecule has 0 saturated heterocycles. The van der Waals surface area contributed by atoms with Crippen LogP contribution in [0.25, 0.3) is 5.32 Å². The molecule has 1 rings (SSSR count). The molecule has 0 aromatic heterocycles. The van der Waals surface area contributed by atoms with E-state index >= 15 is 0 Å². The minimum atomic E-state index is 0. The summed E-state index contributed by atoms with van der Waals surface area (Å²) in [6, 6.07) is 8.38. The number of nitrogens with zero attached hydrogens (tertiary/aromatic N) is 1. The molecule has 0 radical (unpaired) electrons. The summed E-state index contributed by atoms with van der Waals surface area (Å²) in [5.41, 5.74) is 2.68. The smallest absolute Gasteiger partial charge is 0.659 e. The van der Waals surface area contributed by atoms with E-state index in [-0.39, 0.29) is 18.9 Å². The molecule has 0 bridgehead atoms. The van der Waals surface area contributed by atoms with Gasteiger partial charge in [-0.2, -0.15) is 6.54 Å². The van der Waals surface area contributed by atoms with Gasteiger partial charge in [0.25, 0.3) is 0 Å². The van der Waals surface area contributed by atoms with Gasteiger partial charge in [0.1, 0.15) is 0 Å². The average Bonchev–Trinajstić information content (AvgIpc) is 2.03. The molecular weight excluding hydrogens is 141 g/mol. The maximum Gasteiger partial charge on any atom is 1.00 e. The molecule has 60 valence electrons. The van der Waals surface area contributed by atoms with Gasteiger partial charge in [-0.25, -0.2) is 0 Å². The summed E-state index contributed by atoms with van der Waals surface area (Å²) in [6.07, 6.45) is 0. The first-order valence-electron chi connectivity index (χ1n) is 4.02. The van der Waals surface area contributed by atoms with Crippen molar-refractivity contribution in [2.45, 2.75) is 20.4 Å². The van der Waals surface area contributed by atoms with Crippen LogP contribution in [-0.2, 0) is 6.54 Å². The fraction of sp³-hybridized carbons (Fsp3) is 0.400. The molecule has 0 saturated carbocycles. The molecule has 1 aromatic rings. The summed E-state index contributed by atoms with van der Waals surface area (Å²) in [5.74, 6) is 0. The van der Waals surface area contributed by atoms with Crippen molar-refractivity contribution < 1.29 is 18.9 Å². The number of hydrogen-bond donors (Lipinski definition) is 0. The zero-order valence-electron chi connectivity index (χ0n) is 8.17. The Kier molecular flexibility index (Phi) is 6.19. The van der Waals surface area contributed by atoms with E-state index in [0.717, 1.165) is 13.1 Å². The van der Waals surface area contributed by atoms with Crippen LogP contribution in [0.2, 0.25) is 0 Å². The van der Waals surface area contributed by atoms with Crippen LogP contribution in [0.4, 0.5) is 0 Å². The first-order valence-corrected chi connectivity index (χ1v) is 4.02. The van der Waals surface area contributed by atoms with E-state index in [2.05, 4.69) is 43.4 Å². The van der Waals surface area contributed by atoms with E-state index in [4.69, 9.17) is 0 Å². The van der Waals surface area contributed by atoms with Gasteiger partial charge in [-0.3, -0.25) is 0 Å². The van der Waals surface area contributed by atoms with E-state index in [9.17, 15) is 0 Å². The number of aryl methyl sites for hydroxylation is 1. The Morgan fingerprint density at radius 1 is 1.25 bits per heavy atom. The molecule has 0 spiro atoms. The zero-order chi connectivity index (χ0) is 8.10. The Bertz CT molecular complexity index is 223. The molecule has 0 aliphatic heterocycles. The first kappa shape index (κ1) is 11.8. The quantitative estimate of drug-likeness (QED) is 0.541. The van der Waals surface area contributed by atoms with Crippen LogP contribution in [0, 0.1) is 6.92 Å². The number of hydrogen-bond acceptors (Lipinski definition) is 0. The molecule has 0 N–H and O–H groups in total. The summed E-state index contributed by atoms with van der Waals surface area (Å²) >= 11 is 0. The largest absolute Gasteiger partial charge is 1.00 e. The van der Waals surface area contributed by atoms with Gasteiger partial charge >= 0.3 is 18.9 Å². The van der Waals surface area contributed by atoms with Gasteiger partial charge in [0.05, 0.1) is 0 Å². The number of rotatable bonds is 3. The topological polar surface area (TPSA) is 14.1 Å². The molecule has 0 fully saturated rings. The average molecular weight is 155 g/mol. The van der Waals surface area contributed by atoms with Gasteiger partial charge in [0.15, 0.2) is 0 Å². The Labute approximate surface area is 86.7 Å². The molecular formula is C10H14LiN. The third kappa shape index (κ3) is 3.45. The minimum absolute atomic E-state index is 0. The third-order valence-corrected chi connectivity index (χ3v) is 1.77. The van der Waals surface area contributed by atoms with Crippen LogP contribution in [0.15, 0.2) is 24.3 Å².